The lowest BCUT2D eigenvalue weighted by atomic mass is 10.1. The van der Waals surface area contributed by atoms with E-state index in [4.69, 9.17) is 0 Å². The molecule has 1 aromatic carbocycles. The van der Waals surface area contributed by atoms with Crippen LogP contribution >= 0.6 is 0 Å². The summed E-state index contributed by atoms with van der Waals surface area (Å²) in [5.41, 5.74) is 0.0567. The van der Waals surface area contributed by atoms with E-state index >= 15 is 0 Å². The van der Waals surface area contributed by atoms with Gasteiger partial charge in [0.2, 0.25) is 0 Å². The number of carbonyl (C=O) groups is 2. The van der Waals surface area contributed by atoms with Gasteiger partial charge in [-0.15, -0.1) is 8.42 Å². The van der Waals surface area contributed by atoms with Crippen molar-refractivity contribution in [1.29, 1.82) is 0 Å². The van der Waals surface area contributed by atoms with Crippen LogP contribution < -0.4 is 0 Å². The predicted octanol–water partition coefficient (Wildman–Crippen LogP) is 0.259. The van der Waals surface area contributed by atoms with Gasteiger partial charge in [0.25, 0.3) is 0 Å². The number of rotatable bonds is 0. The molecule has 6 nitrogen and oxygen atoms in total. The number of fused-ring (bicyclic) bond motifs is 6. The van der Waals surface area contributed by atoms with Gasteiger partial charge in [0, 0.05) is 0 Å². The van der Waals surface area contributed by atoms with Crippen molar-refractivity contribution in [3.8, 4) is 0 Å². The third kappa shape index (κ3) is 1.82. The molecule has 0 aliphatic carbocycles. The maximum atomic E-state index is 11.2. The second-order valence-corrected chi connectivity index (χ2v) is 3.88. The van der Waals surface area contributed by atoms with E-state index < -0.39 is 22.3 Å². The van der Waals surface area contributed by atoms with E-state index in [2.05, 4.69) is 8.37 Å². The van der Waals surface area contributed by atoms with E-state index in [0.717, 1.165) is 0 Å². The van der Waals surface area contributed by atoms with Crippen LogP contribution in [-0.2, 0) is 18.8 Å². The summed E-state index contributed by atoms with van der Waals surface area (Å²) < 4.78 is 29.9. The fourth-order valence-corrected chi connectivity index (χ4v) is 1.64. The molecule has 0 N–H and O–H groups in total. The second-order valence-electron chi connectivity index (χ2n) is 2.73. The van der Waals surface area contributed by atoms with Crippen molar-refractivity contribution in [3.63, 3.8) is 0 Å². The maximum absolute atomic E-state index is 11.2. The fraction of sp³-hybridized carbons (Fsp3) is 0. The highest BCUT2D eigenvalue weighted by Crippen LogP contribution is 2.14. The molecule has 0 unspecified atom stereocenters. The number of hydrogen-bond acceptors (Lipinski definition) is 6. The molecule has 0 radical (unpaired) electrons. The van der Waals surface area contributed by atoms with Crippen LogP contribution in [0, 0.1) is 0 Å². The Balaban J connectivity index is 2.58. The van der Waals surface area contributed by atoms with Crippen molar-refractivity contribution in [1.82, 2.24) is 0 Å². The Morgan fingerprint density at radius 2 is 1.13 bits per heavy atom. The molecule has 2 heterocycles. The van der Waals surface area contributed by atoms with Crippen LogP contribution in [0.3, 0.4) is 0 Å². The van der Waals surface area contributed by atoms with Crippen LogP contribution in [0.5, 0.6) is 0 Å². The van der Waals surface area contributed by atoms with E-state index in [0.29, 0.717) is 0 Å². The van der Waals surface area contributed by atoms with Gasteiger partial charge in [0.1, 0.15) is 0 Å². The first-order chi connectivity index (χ1) is 6.98. The molecule has 0 fully saturated rings. The molecule has 0 atom stereocenters. The molecule has 0 spiro atoms. The zero-order valence-corrected chi connectivity index (χ0v) is 7.98. The van der Waals surface area contributed by atoms with Crippen molar-refractivity contribution in [3.05, 3.63) is 35.4 Å². The summed E-state index contributed by atoms with van der Waals surface area (Å²) in [5.74, 6) is -2.17. The van der Waals surface area contributed by atoms with Crippen LogP contribution in [0.4, 0.5) is 0 Å². The molecular formula is C8H4O6S. The van der Waals surface area contributed by atoms with Crippen LogP contribution in [0.1, 0.15) is 20.7 Å². The minimum Gasteiger partial charge on any atom is -0.311 e. The van der Waals surface area contributed by atoms with Crippen molar-refractivity contribution >= 4 is 22.3 Å². The third-order valence-corrected chi connectivity index (χ3v) is 2.42. The van der Waals surface area contributed by atoms with E-state index in [1.54, 1.807) is 0 Å². The predicted molar refractivity (Wildman–Crippen MR) is 46.2 cm³/mol. The Labute approximate surface area is 84.7 Å². The molecule has 78 valence electrons. The monoisotopic (exact) mass is 228 g/mol. The zero-order valence-electron chi connectivity index (χ0n) is 7.17. The highest BCUT2D eigenvalue weighted by molar-refractivity contribution is 7.82. The average Bonchev–Trinajstić information content (AvgIpc) is 2.21. The van der Waals surface area contributed by atoms with Crippen LogP contribution in [0.25, 0.3) is 0 Å². The van der Waals surface area contributed by atoms with Crippen molar-refractivity contribution in [2.75, 3.05) is 0 Å². The summed E-state index contributed by atoms with van der Waals surface area (Å²) in [7, 11) is -4.61. The molecule has 3 rings (SSSR count). The largest absolute Gasteiger partial charge is 0.506 e. The molecule has 2 bridgehead atoms. The van der Waals surface area contributed by atoms with Gasteiger partial charge in [-0.2, -0.15) is 0 Å². The molecule has 0 amide bonds. The second kappa shape index (κ2) is 3.06. The van der Waals surface area contributed by atoms with Gasteiger partial charge in [-0.05, 0) is 24.3 Å². The first-order valence-corrected chi connectivity index (χ1v) is 5.14. The summed E-state index contributed by atoms with van der Waals surface area (Å²) in [6.45, 7) is 0. The van der Waals surface area contributed by atoms with E-state index in [-0.39, 0.29) is 11.1 Å². The van der Waals surface area contributed by atoms with Gasteiger partial charge in [-0.1, -0.05) is 0 Å². The maximum Gasteiger partial charge on any atom is 0.506 e. The Morgan fingerprint density at radius 1 is 0.800 bits per heavy atom. The van der Waals surface area contributed by atoms with E-state index in [9.17, 15) is 18.0 Å². The fourth-order valence-electron chi connectivity index (χ4n) is 1.04. The molecule has 0 aromatic heterocycles. The Bertz CT molecular complexity index is 484. The molecule has 7 heteroatoms. The lowest BCUT2D eigenvalue weighted by Crippen LogP contribution is -2.17. The lowest BCUT2D eigenvalue weighted by Gasteiger charge is -2.01. The Hall–Kier alpha value is -1.89. The normalized spacial score (nSPS) is 18.4. The highest BCUT2D eigenvalue weighted by atomic mass is 32.3. The first-order valence-electron chi connectivity index (χ1n) is 3.80. The molecule has 2 aliphatic rings. The molecule has 1 aromatic rings. The zero-order chi connectivity index (χ0) is 11.1. The van der Waals surface area contributed by atoms with Gasteiger partial charge in [-0.25, -0.2) is 9.59 Å². The van der Waals surface area contributed by atoms with Gasteiger partial charge in [0.15, 0.2) is 0 Å². The summed E-state index contributed by atoms with van der Waals surface area (Å²) in [6.07, 6.45) is 0. The first kappa shape index (κ1) is 9.66. The minimum absolute atomic E-state index is 0.0284. The average molecular weight is 228 g/mol. The third-order valence-electron chi connectivity index (χ3n) is 1.71. The molecule has 0 saturated heterocycles. The van der Waals surface area contributed by atoms with Gasteiger partial charge < -0.3 is 8.37 Å². The number of carbonyl (C=O) groups excluding carboxylic acids is 2. The minimum atomic E-state index is -4.61. The number of benzene rings is 1. The van der Waals surface area contributed by atoms with Crippen LogP contribution in [-0.4, -0.2) is 20.4 Å². The summed E-state index contributed by atoms with van der Waals surface area (Å²) >= 11 is 0. The highest BCUT2D eigenvalue weighted by Gasteiger charge is 2.27. The van der Waals surface area contributed by atoms with Gasteiger partial charge >= 0.3 is 22.3 Å². The van der Waals surface area contributed by atoms with Gasteiger partial charge in [0.05, 0.1) is 11.1 Å². The standard InChI is InChI=1S/C8H4O6S/c9-7-5-1-2-6(4-3-5)8(10)14-15(11,12)13-7/h1-4H. The van der Waals surface area contributed by atoms with Gasteiger partial charge in [-0.3, -0.25) is 0 Å². The van der Waals surface area contributed by atoms with Crippen molar-refractivity contribution in [2.24, 2.45) is 0 Å². The van der Waals surface area contributed by atoms with Crippen molar-refractivity contribution in [2.45, 2.75) is 0 Å². The summed E-state index contributed by atoms with van der Waals surface area (Å²) in [4.78, 5) is 22.3. The number of hydrogen-bond donors (Lipinski definition) is 0. The molecule has 0 saturated carbocycles. The Kier molecular flexibility index (Phi) is 1.97. The summed E-state index contributed by atoms with van der Waals surface area (Å²) in [6, 6.07) is 5.11. The van der Waals surface area contributed by atoms with Crippen molar-refractivity contribution < 1.29 is 26.4 Å². The smallest absolute Gasteiger partial charge is 0.311 e. The van der Waals surface area contributed by atoms with Crippen LogP contribution in [0.15, 0.2) is 24.3 Å². The quantitative estimate of drug-likeness (QED) is 0.633. The molecule has 2 aliphatic heterocycles. The van der Waals surface area contributed by atoms with Crippen LogP contribution in [0.2, 0.25) is 0 Å². The summed E-state index contributed by atoms with van der Waals surface area (Å²) in [5, 5.41) is 0. The SMILES string of the molecule is O=C1OS(=O)(=O)OC(=O)c2ccc1cc2. The Morgan fingerprint density at radius 3 is 1.47 bits per heavy atom. The van der Waals surface area contributed by atoms with E-state index in [1.165, 1.54) is 24.3 Å². The molecular weight excluding hydrogens is 224 g/mol. The molecule has 15 heavy (non-hydrogen) atoms. The topological polar surface area (TPSA) is 86.7 Å². The van der Waals surface area contributed by atoms with E-state index in [1.807, 2.05) is 0 Å². The lowest BCUT2D eigenvalue weighted by molar-refractivity contribution is 0.0653.